The zero-order valence-corrected chi connectivity index (χ0v) is 12.6. The Kier molecular flexibility index (Phi) is 3.33. The third kappa shape index (κ3) is 2.35. The van der Waals surface area contributed by atoms with Gasteiger partial charge in [-0.25, -0.2) is 4.39 Å². The fourth-order valence-electron chi connectivity index (χ4n) is 3.44. The molecule has 2 heterocycles. The molecular weight excluding hydrogens is 251 g/mol. The minimum absolute atomic E-state index is 0.0232. The van der Waals surface area contributed by atoms with Crippen molar-refractivity contribution in [2.24, 2.45) is 0 Å². The van der Waals surface area contributed by atoms with Crippen LogP contribution in [0.25, 0.3) is 10.9 Å². The quantitative estimate of drug-likeness (QED) is 0.823. The molecule has 0 aliphatic carbocycles. The van der Waals surface area contributed by atoms with Crippen molar-refractivity contribution in [2.75, 3.05) is 19.6 Å². The summed E-state index contributed by atoms with van der Waals surface area (Å²) >= 11 is 0. The largest absolute Gasteiger partial charge is 0.340 e. The smallest absolute Gasteiger partial charge is 0.125 e. The van der Waals surface area contributed by atoms with Gasteiger partial charge in [0, 0.05) is 18.1 Å². The van der Waals surface area contributed by atoms with Crippen LogP contribution in [0.1, 0.15) is 32.3 Å². The number of aromatic nitrogens is 1. The van der Waals surface area contributed by atoms with Crippen LogP contribution in [-0.2, 0) is 5.54 Å². The van der Waals surface area contributed by atoms with E-state index in [2.05, 4.69) is 36.4 Å². The summed E-state index contributed by atoms with van der Waals surface area (Å²) in [5, 5.41) is 1.15. The molecule has 0 bridgehead atoms. The number of hydrogen-bond donors (Lipinski definition) is 0. The predicted octanol–water partition coefficient (Wildman–Crippen LogP) is 3.92. The summed E-state index contributed by atoms with van der Waals surface area (Å²) in [7, 11) is 0. The van der Waals surface area contributed by atoms with Gasteiger partial charge >= 0.3 is 0 Å². The lowest BCUT2D eigenvalue weighted by Gasteiger charge is -2.32. The standard InChI is InChI=1S/C17H23FN2/c1-13-11-20(16-10-14(18)6-7-15(13)16)17(2,3)12-19-8-4-5-9-19/h6-7,10-11H,4-5,8-9,12H2,1-3H3. The summed E-state index contributed by atoms with van der Waals surface area (Å²) in [6.07, 6.45) is 4.77. The fraction of sp³-hybridized carbons (Fsp3) is 0.529. The Morgan fingerprint density at radius 1 is 1.20 bits per heavy atom. The molecule has 0 amide bonds. The molecule has 2 nitrogen and oxygen atoms in total. The van der Waals surface area contributed by atoms with Gasteiger partial charge in [0.15, 0.2) is 0 Å². The topological polar surface area (TPSA) is 8.17 Å². The zero-order valence-electron chi connectivity index (χ0n) is 12.6. The molecule has 1 saturated heterocycles. The van der Waals surface area contributed by atoms with Crippen LogP contribution in [0.3, 0.4) is 0 Å². The summed E-state index contributed by atoms with van der Waals surface area (Å²) in [4.78, 5) is 2.51. The maximum absolute atomic E-state index is 13.6. The van der Waals surface area contributed by atoms with Crippen molar-refractivity contribution < 1.29 is 4.39 Å². The molecule has 1 aromatic carbocycles. The minimum atomic E-state index is -0.158. The van der Waals surface area contributed by atoms with Gasteiger partial charge in [-0.3, -0.25) is 0 Å². The lowest BCUT2D eigenvalue weighted by atomic mass is 10.0. The zero-order chi connectivity index (χ0) is 14.3. The molecule has 1 aromatic heterocycles. The first-order valence-corrected chi connectivity index (χ1v) is 7.47. The Morgan fingerprint density at radius 3 is 2.60 bits per heavy atom. The van der Waals surface area contributed by atoms with E-state index < -0.39 is 0 Å². The summed E-state index contributed by atoms with van der Waals surface area (Å²) in [5.41, 5.74) is 2.20. The van der Waals surface area contributed by atoms with Crippen molar-refractivity contribution in [3.63, 3.8) is 0 Å². The van der Waals surface area contributed by atoms with E-state index in [1.54, 1.807) is 12.1 Å². The molecule has 20 heavy (non-hydrogen) atoms. The summed E-state index contributed by atoms with van der Waals surface area (Å²) in [6.45, 7) is 9.99. The highest BCUT2D eigenvalue weighted by Gasteiger charge is 2.27. The normalized spacial score (nSPS) is 17.2. The molecule has 0 unspecified atom stereocenters. The molecule has 0 spiro atoms. The number of halogens is 1. The number of benzene rings is 1. The molecule has 3 rings (SSSR count). The third-order valence-corrected chi connectivity index (χ3v) is 4.43. The van der Waals surface area contributed by atoms with Gasteiger partial charge in [0.05, 0.1) is 11.1 Å². The molecule has 2 aromatic rings. The molecule has 108 valence electrons. The van der Waals surface area contributed by atoms with Gasteiger partial charge in [0.25, 0.3) is 0 Å². The first-order valence-electron chi connectivity index (χ1n) is 7.47. The molecule has 0 N–H and O–H groups in total. The minimum Gasteiger partial charge on any atom is -0.340 e. The first-order chi connectivity index (χ1) is 9.47. The molecule has 1 aliphatic heterocycles. The maximum atomic E-state index is 13.6. The number of aryl methyl sites for hydroxylation is 1. The van der Waals surface area contributed by atoms with Gasteiger partial charge in [-0.2, -0.15) is 0 Å². The van der Waals surface area contributed by atoms with Crippen LogP contribution in [0.15, 0.2) is 24.4 Å². The van der Waals surface area contributed by atoms with Crippen LogP contribution in [-0.4, -0.2) is 29.1 Å². The van der Waals surface area contributed by atoms with Crippen molar-refractivity contribution in [3.05, 3.63) is 35.8 Å². The van der Waals surface area contributed by atoms with Crippen molar-refractivity contribution in [2.45, 2.75) is 39.2 Å². The lowest BCUT2D eigenvalue weighted by molar-refractivity contribution is 0.216. The Bertz CT molecular complexity index is 621. The first kappa shape index (κ1) is 13.6. The number of likely N-dealkylation sites (tertiary alicyclic amines) is 1. The van der Waals surface area contributed by atoms with E-state index in [1.807, 2.05) is 6.07 Å². The second kappa shape index (κ2) is 4.88. The SMILES string of the molecule is Cc1cn(C(C)(C)CN2CCCC2)c2cc(F)ccc12. The lowest BCUT2D eigenvalue weighted by Crippen LogP contribution is -2.39. The van der Waals surface area contributed by atoms with Crippen molar-refractivity contribution >= 4 is 10.9 Å². The van der Waals surface area contributed by atoms with Gasteiger partial charge < -0.3 is 9.47 Å². The number of fused-ring (bicyclic) bond motifs is 1. The second-order valence-corrected chi connectivity index (χ2v) is 6.64. The van der Waals surface area contributed by atoms with Crippen LogP contribution < -0.4 is 0 Å². The summed E-state index contributed by atoms with van der Waals surface area (Å²) in [6, 6.07) is 5.10. The molecule has 1 fully saturated rings. The van der Waals surface area contributed by atoms with Gasteiger partial charge in [-0.1, -0.05) is 0 Å². The second-order valence-electron chi connectivity index (χ2n) is 6.64. The third-order valence-electron chi connectivity index (χ3n) is 4.43. The van der Waals surface area contributed by atoms with E-state index in [9.17, 15) is 4.39 Å². The number of rotatable bonds is 3. The Hall–Kier alpha value is -1.35. The van der Waals surface area contributed by atoms with E-state index >= 15 is 0 Å². The van der Waals surface area contributed by atoms with E-state index in [0.29, 0.717) is 0 Å². The van der Waals surface area contributed by atoms with Crippen molar-refractivity contribution in [1.82, 2.24) is 9.47 Å². The Labute approximate surface area is 120 Å². The van der Waals surface area contributed by atoms with Gasteiger partial charge in [0.2, 0.25) is 0 Å². The monoisotopic (exact) mass is 274 g/mol. The molecule has 0 saturated carbocycles. The maximum Gasteiger partial charge on any atom is 0.125 e. The molecule has 0 radical (unpaired) electrons. The van der Waals surface area contributed by atoms with Crippen molar-refractivity contribution in [3.8, 4) is 0 Å². The average Bonchev–Trinajstić information content (AvgIpc) is 2.97. The van der Waals surface area contributed by atoms with Crippen LogP contribution >= 0.6 is 0 Å². The van der Waals surface area contributed by atoms with Crippen LogP contribution in [0.4, 0.5) is 4.39 Å². The molecule has 1 aliphatic rings. The van der Waals surface area contributed by atoms with Gasteiger partial charge in [0.1, 0.15) is 5.82 Å². The predicted molar refractivity (Wildman–Crippen MR) is 81.6 cm³/mol. The van der Waals surface area contributed by atoms with E-state index in [0.717, 1.165) is 17.4 Å². The number of nitrogens with zero attached hydrogens (tertiary/aromatic N) is 2. The highest BCUT2D eigenvalue weighted by Crippen LogP contribution is 2.29. The van der Waals surface area contributed by atoms with Crippen LogP contribution in [0.5, 0.6) is 0 Å². The molecule has 3 heteroatoms. The van der Waals surface area contributed by atoms with Crippen LogP contribution in [0, 0.1) is 12.7 Å². The number of hydrogen-bond acceptors (Lipinski definition) is 1. The van der Waals surface area contributed by atoms with Crippen molar-refractivity contribution in [1.29, 1.82) is 0 Å². The average molecular weight is 274 g/mol. The molecule has 0 atom stereocenters. The van der Waals surface area contributed by atoms with E-state index in [1.165, 1.54) is 31.5 Å². The van der Waals surface area contributed by atoms with Crippen LogP contribution in [0.2, 0.25) is 0 Å². The van der Waals surface area contributed by atoms with E-state index in [4.69, 9.17) is 0 Å². The highest BCUT2D eigenvalue weighted by molar-refractivity contribution is 5.84. The Morgan fingerprint density at radius 2 is 1.90 bits per heavy atom. The van der Waals surface area contributed by atoms with Gasteiger partial charge in [-0.05, 0) is 70.5 Å². The molecular formula is C17H23FN2. The van der Waals surface area contributed by atoms with E-state index in [-0.39, 0.29) is 11.4 Å². The van der Waals surface area contributed by atoms with Gasteiger partial charge in [-0.15, -0.1) is 0 Å². The highest BCUT2D eigenvalue weighted by atomic mass is 19.1. The Balaban J connectivity index is 2.01. The fourth-order valence-corrected chi connectivity index (χ4v) is 3.44. The summed E-state index contributed by atoms with van der Waals surface area (Å²) in [5.74, 6) is -0.158. The summed E-state index contributed by atoms with van der Waals surface area (Å²) < 4.78 is 15.8.